The second-order valence-corrected chi connectivity index (χ2v) is 14.7. The van der Waals surface area contributed by atoms with E-state index in [4.69, 9.17) is 25.3 Å². The van der Waals surface area contributed by atoms with Crippen molar-refractivity contribution in [3.05, 3.63) is 40.4 Å². The largest absolute Gasteiger partial charge is 0.485 e. The molecule has 0 aliphatic carbocycles. The van der Waals surface area contributed by atoms with E-state index in [-0.39, 0.29) is 29.1 Å². The van der Waals surface area contributed by atoms with Gasteiger partial charge in [-0.2, -0.15) is 13.5 Å². The molecular formula is C29H38N8O10S2. The molecule has 3 aliphatic heterocycles. The lowest BCUT2D eigenvalue weighted by Crippen LogP contribution is -2.76. The van der Waals surface area contributed by atoms with Gasteiger partial charge in [0.05, 0.1) is 5.54 Å². The number of nitrogen functional groups attached to an aromatic ring is 1. The second kappa shape index (κ2) is 13.5. The summed E-state index contributed by atoms with van der Waals surface area (Å²) in [5.41, 5.74) is 3.06. The zero-order valence-corrected chi connectivity index (χ0v) is 28.7. The van der Waals surface area contributed by atoms with Crippen molar-refractivity contribution < 1.29 is 46.3 Å². The van der Waals surface area contributed by atoms with Crippen LogP contribution in [0, 0.1) is 5.41 Å². The smallest absolute Gasteiger partial charge is 0.418 e. The predicted molar refractivity (Wildman–Crippen MR) is 175 cm³/mol. The summed E-state index contributed by atoms with van der Waals surface area (Å²) in [7, 11) is -5.03. The Morgan fingerprint density at radius 2 is 2.04 bits per heavy atom. The Balaban J connectivity index is 1.32. The molecule has 18 nitrogen and oxygen atoms in total. The number of carboxylic acid groups (broad SMARTS) is 1. The average molecular weight is 723 g/mol. The Morgan fingerprint density at radius 3 is 2.65 bits per heavy atom. The number of nitrogens with one attached hydrogen (secondary N) is 4. The molecule has 2 fully saturated rings. The molecule has 3 unspecified atom stereocenters. The van der Waals surface area contributed by atoms with Crippen LogP contribution < -0.4 is 26.4 Å². The van der Waals surface area contributed by atoms with Crippen LogP contribution >= 0.6 is 11.3 Å². The number of carbonyl (C=O) groups is 3. The minimum absolute atomic E-state index is 0.0597. The number of oxime groups is 1. The molecule has 49 heavy (non-hydrogen) atoms. The fourth-order valence-electron chi connectivity index (χ4n) is 5.88. The van der Waals surface area contributed by atoms with Gasteiger partial charge in [-0.3, -0.25) is 19.6 Å². The van der Waals surface area contributed by atoms with E-state index in [9.17, 15) is 27.9 Å². The molecule has 3 aliphatic rings. The number of piperidine rings is 1. The molecule has 1 aromatic carbocycles. The fourth-order valence-corrected chi connectivity index (χ4v) is 6.88. The maximum Gasteiger partial charge on any atom is 0.418 e. The molecule has 20 heteroatoms. The van der Waals surface area contributed by atoms with E-state index in [0.29, 0.717) is 28.8 Å². The average Bonchev–Trinajstić information content (AvgIpc) is 3.46. The first-order valence-corrected chi connectivity index (χ1v) is 17.5. The quantitative estimate of drug-likeness (QED) is 0.0550. The molecule has 0 bridgehead atoms. The number of fused-ring (bicyclic) bond motifs is 1. The summed E-state index contributed by atoms with van der Waals surface area (Å²) < 4.78 is 41.8. The van der Waals surface area contributed by atoms with Crippen LogP contribution in [0.1, 0.15) is 63.8 Å². The molecule has 266 valence electrons. The number of ether oxygens (including phenoxy) is 1. The number of amides is 2. The highest BCUT2D eigenvalue weighted by atomic mass is 32.3. The van der Waals surface area contributed by atoms with E-state index >= 15 is 0 Å². The number of hydroxylamine groups is 2. The number of anilines is 1. The molecule has 2 aromatic rings. The van der Waals surface area contributed by atoms with E-state index in [0.717, 1.165) is 36.3 Å². The first kappa shape index (κ1) is 35.9. The number of nitrogens with zero attached hydrogens (tertiary/aromatic N) is 3. The molecular weight excluding hydrogens is 684 g/mol. The van der Waals surface area contributed by atoms with Crippen molar-refractivity contribution in [2.24, 2.45) is 5.16 Å². The van der Waals surface area contributed by atoms with Gasteiger partial charge >= 0.3 is 16.4 Å². The number of hydrogen-bond donors (Lipinski definition) is 7. The zero-order chi connectivity index (χ0) is 35.9. The third-order valence-electron chi connectivity index (χ3n) is 8.73. The molecule has 0 saturated carbocycles. The van der Waals surface area contributed by atoms with E-state index in [1.54, 1.807) is 12.1 Å². The standard InChI is InChI=1S/C29H38N8O10S2/c1-14-11-17(9-10-32-14)33-23(30)16-5-7-19-15(12-16)6-8-20(45-19)29(4,26(40)41)46-36-21(18-13-48-27(31)34-18)24(38)35-22-25(39)37(28(22,2)3)47-49(42,43)44/h5,7,12-14,17,20,22,32H,6,8-11H2,1-4H3,(H2,30,33)(H2,31,34)(H,35,38)(H,40,41)(H,42,43,44)/t14-,17-,20?,22?,29?/m1/s1. The monoisotopic (exact) mass is 722 g/mol. The molecule has 5 atom stereocenters. The van der Waals surface area contributed by atoms with Crippen LogP contribution in [0.3, 0.4) is 0 Å². The topological polar surface area (TPSA) is 268 Å². The Kier molecular flexibility index (Phi) is 9.90. The molecule has 0 spiro atoms. The maximum absolute atomic E-state index is 13.5. The van der Waals surface area contributed by atoms with E-state index in [1.165, 1.54) is 26.2 Å². The Morgan fingerprint density at radius 1 is 1.31 bits per heavy atom. The highest BCUT2D eigenvalue weighted by Crippen LogP contribution is 2.35. The minimum Gasteiger partial charge on any atom is -0.485 e. The number of aromatic nitrogens is 1. The van der Waals surface area contributed by atoms with Gasteiger partial charge in [-0.05, 0) is 83.7 Å². The van der Waals surface area contributed by atoms with Gasteiger partial charge in [0, 0.05) is 23.0 Å². The minimum atomic E-state index is -5.03. The summed E-state index contributed by atoms with van der Waals surface area (Å²) in [6.07, 6.45) is 1.33. The zero-order valence-electron chi connectivity index (χ0n) is 27.1. The van der Waals surface area contributed by atoms with Crippen molar-refractivity contribution in [1.29, 1.82) is 5.41 Å². The predicted octanol–water partition coefficient (Wildman–Crippen LogP) is 0.579. The first-order valence-electron chi connectivity index (χ1n) is 15.3. The van der Waals surface area contributed by atoms with Crippen LogP contribution in [0.25, 0.3) is 0 Å². The van der Waals surface area contributed by atoms with Gasteiger partial charge in [0.1, 0.15) is 23.3 Å². The van der Waals surface area contributed by atoms with Crippen molar-refractivity contribution in [2.75, 3.05) is 12.3 Å². The molecule has 0 radical (unpaired) electrons. The van der Waals surface area contributed by atoms with Gasteiger partial charge in [-0.1, -0.05) is 5.16 Å². The number of aryl methyl sites for hydroxylation is 1. The van der Waals surface area contributed by atoms with Gasteiger partial charge < -0.3 is 36.4 Å². The molecule has 8 N–H and O–H groups in total. The van der Waals surface area contributed by atoms with Crippen molar-refractivity contribution in [3.63, 3.8) is 0 Å². The number of nitrogens with two attached hydrogens (primary N) is 1. The van der Waals surface area contributed by atoms with Gasteiger partial charge in [0.25, 0.3) is 17.4 Å². The van der Waals surface area contributed by atoms with Gasteiger partial charge in [0.2, 0.25) is 0 Å². The van der Waals surface area contributed by atoms with E-state index < -0.39 is 57.2 Å². The summed E-state index contributed by atoms with van der Waals surface area (Å²) in [6, 6.07) is 4.43. The number of hydrogen-bond acceptors (Lipinski definition) is 14. The van der Waals surface area contributed by atoms with Crippen LogP contribution in [0.15, 0.2) is 28.7 Å². The number of rotatable bonds is 11. The summed E-state index contributed by atoms with van der Waals surface area (Å²) in [6.45, 7) is 6.96. The Hall–Kier alpha value is -4.37. The highest BCUT2D eigenvalue weighted by Gasteiger charge is 2.58. The van der Waals surface area contributed by atoms with Crippen molar-refractivity contribution in [2.45, 2.75) is 88.7 Å². The van der Waals surface area contributed by atoms with Crippen LogP contribution in [0.4, 0.5) is 5.13 Å². The SMILES string of the molecule is C[C@@H]1C[C@H](NC(=N)c2ccc3c(c2)CCC(C(C)(ON=C(C(=O)NC2C(=O)N(OS(=O)(=O)O)C2(C)C)c2csc(N)n2)C(=O)O)O3)CCN1. The molecule has 2 amide bonds. The van der Waals surface area contributed by atoms with Crippen molar-refractivity contribution in [1.82, 2.24) is 26.0 Å². The van der Waals surface area contributed by atoms with Crippen LogP contribution in [0.5, 0.6) is 5.75 Å². The molecule has 2 saturated heterocycles. The number of benzene rings is 1. The summed E-state index contributed by atoms with van der Waals surface area (Å²) in [5.74, 6) is -2.75. The number of aliphatic carboxylic acids is 1. The normalized spacial score (nSPS) is 24.8. The number of carboxylic acids is 1. The van der Waals surface area contributed by atoms with Gasteiger partial charge in [-0.15, -0.1) is 15.6 Å². The van der Waals surface area contributed by atoms with Crippen molar-refractivity contribution in [3.8, 4) is 5.75 Å². The lowest BCUT2D eigenvalue weighted by atomic mass is 9.84. The van der Waals surface area contributed by atoms with E-state index in [2.05, 4.69) is 37.3 Å². The summed E-state index contributed by atoms with van der Waals surface area (Å²) in [4.78, 5) is 48.3. The van der Waals surface area contributed by atoms with Crippen LogP contribution in [-0.4, -0.2) is 99.4 Å². The van der Waals surface area contributed by atoms with Crippen molar-refractivity contribution >= 4 is 56.2 Å². The number of amidine groups is 1. The van der Waals surface area contributed by atoms with E-state index in [1.807, 2.05) is 6.07 Å². The Bertz CT molecular complexity index is 1800. The first-order chi connectivity index (χ1) is 22.9. The van der Waals surface area contributed by atoms with Gasteiger partial charge in [0.15, 0.2) is 16.9 Å². The number of β-lactam (4-membered cyclic amide) rings is 1. The van der Waals surface area contributed by atoms with Crippen LogP contribution in [0.2, 0.25) is 0 Å². The maximum atomic E-state index is 13.5. The summed E-state index contributed by atoms with van der Waals surface area (Å²) in [5, 5.41) is 33.7. The third kappa shape index (κ3) is 7.62. The fraction of sp³-hybridized carbons (Fsp3) is 0.517. The summed E-state index contributed by atoms with van der Waals surface area (Å²) >= 11 is 0.966. The highest BCUT2D eigenvalue weighted by molar-refractivity contribution is 7.80. The lowest BCUT2D eigenvalue weighted by molar-refractivity contribution is -0.218. The lowest BCUT2D eigenvalue weighted by Gasteiger charge is -2.50. The molecule has 5 rings (SSSR count). The Labute approximate surface area is 285 Å². The second-order valence-electron chi connectivity index (χ2n) is 12.8. The third-order valence-corrected chi connectivity index (χ3v) is 9.74. The number of carbonyl (C=O) groups excluding carboxylic acids is 2. The van der Waals surface area contributed by atoms with Crippen LogP contribution in [-0.2, 0) is 40.3 Å². The molecule has 4 heterocycles. The number of thiazole rings is 1. The van der Waals surface area contributed by atoms with Gasteiger partial charge in [-0.25, -0.2) is 9.78 Å². The molecule has 1 aromatic heterocycles.